The molecule has 1 N–H and O–H groups in total. The predicted octanol–water partition coefficient (Wildman–Crippen LogP) is 3.12. The van der Waals surface area contributed by atoms with Crippen LogP contribution in [-0.4, -0.2) is 39.5 Å². The van der Waals surface area contributed by atoms with E-state index in [1.165, 1.54) is 19.3 Å². The van der Waals surface area contributed by atoms with Crippen LogP contribution in [0.15, 0.2) is 59.5 Å². The molecule has 0 aliphatic carbocycles. The van der Waals surface area contributed by atoms with Gasteiger partial charge in [0.05, 0.1) is 4.90 Å². The van der Waals surface area contributed by atoms with Crippen molar-refractivity contribution in [2.75, 3.05) is 26.2 Å². The Balaban J connectivity index is 1.73. The van der Waals surface area contributed by atoms with Crippen molar-refractivity contribution >= 4 is 10.0 Å². The molecule has 0 aromatic heterocycles. The molecule has 128 valence electrons. The maximum absolute atomic E-state index is 12.7. The van der Waals surface area contributed by atoms with E-state index in [1.807, 2.05) is 42.5 Å². The topological polar surface area (TPSA) is 49.4 Å². The molecule has 0 saturated carbocycles. The fraction of sp³-hybridized carbons (Fsp3) is 0.368. The lowest BCUT2D eigenvalue weighted by Crippen LogP contribution is -2.37. The van der Waals surface area contributed by atoms with E-state index < -0.39 is 10.0 Å². The van der Waals surface area contributed by atoms with Gasteiger partial charge in [-0.15, -0.1) is 0 Å². The summed E-state index contributed by atoms with van der Waals surface area (Å²) < 4.78 is 28.2. The molecule has 1 fully saturated rings. The molecule has 0 atom stereocenters. The van der Waals surface area contributed by atoms with Gasteiger partial charge in [0.25, 0.3) is 0 Å². The zero-order valence-corrected chi connectivity index (χ0v) is 14.6. The van der Waals surface area contributed by atoms with E-state index in [9.17, 15) is 8.42 Å². The van der Waals surface area contributed by atoms with Crippen LogP contribution in [0.25, 0.3) is 11.1 Å². The fourth-order valence-corrected chi connectivity index (χ4v) is 4.40. The van der Waals surface area contributed by atoms with Crippen molar-refractivity contribution in [3.8, 4) is 11.1 Å². The van der Waals surface area contributed by atoms with Gasteiger partial charge in [-0.3, -0.25) is 0 Å². The third-order valence-corrected chi connectivity index (χ3v) is 5.95. The molecule has 1 aliphatic heterocycles. The van der Waals surface area contributed by atoms with E-state index in [4.69, 9.17) is 0 Å². The SMILES string of the molecule is O=S(=O)(NCCN1CCCCC1)c1ccccc1-c1ccccc1. The monoisotopic (exact) mass is 344 g/mol. The van der Waals surface area contributed by atoms with Crippen molar-refractivity contribution in [3.63, 3.8) is 0 Å². The lowest BCUT2D eigenvalue weighted by atomic mass is 10.1. The van der Waals surface area contributed by atoms with Crippen molar-refractivity contribution in [2.45, 2.75) is 24.2 Å². The first-order valence-corrected chi connectivity index (χ1v) is 10.0. The van der Waals surface area contributed by atoms with Gasteiger partial charge in [-0.2, -0.15) is 0 Å². The highest BCUT2D eigenvalue weighted by Crippen LogP contribution is 2.26. The number of benzene rings is 2. The molecule has 1 saturated heterocycles. The van der Waals surface area contributed by atoms with Crippen LogP contribution in [0.3, 0.4) is 0 Å². The molecule has 0 spiro atoms. The summed E-state index contributed by atoms with van der Waals surface area (Å²) in [7, 11) is -3.52. The van der Waals surface area contributed by atoms with Crippen molar-refractivity contribution in [3.05, 3.63) is 54.6 Å². The normalized spacial score (nSPS) is 16.2. The summed E-state index contributed by atoms with van der Waals surface area (Å²) in [5.74, 6) is 0. The average molecular weight is 344 g/mol. The minimum atomic E-state index is -3.52. The summed E-state index contributed by atoms with van der Waals surface area (Å²) >= 11 is 0. The molecular weight excluding hydrogens is 320 g/mol. The van der Waals surface area contributed by atoms with Gasteiger partial charge in [0, 0.05) is 18.7 Å². The van der Waals surface area contributed by atoms with Gasteiger partial charge in [0.15, 0.2) is 0 Å². The molecular formula is C19H24N2O2S. The number of hydrogen-bond donors (Lipinski definition) is 1. The second-order valence-corrected chi connectivity index (χ2v) is 7.90. The third kappa shape index (κ3) is 4.23. The van der Waals surface area contributed by atoms with Gasteiger partial charge >= 0.3 is 0 Å². The Morgan fingerprint density at radius 3 is 2.29 bits per heavy atom. The molecule has 4 nitrogen and oxygen atoms in total. The highest BCUT2D eigenvalue weighted by atomic mass is 32.2. The predicted molar refractivity (Wildman–Crippen MR) is 97.4 cm³/mol. The van der Waals surface area contributed by atoms with Crippen molar-refractivity contribution in [1.82, 2.24) is 9.62 Å². The van der Waals surface area contributed by atoms with Crippen LogP contribution in [0.4, 0.5) is 0 Å². The molecule has 2 aromatic carbocycles. The van der Waals surface area contributed by atoms with Crippen LogP contribution in [0.1, 0.15) is 19.3 Å². The van der Waals surface area contributed by atoms with Crippen LogP contribution >= 0.6 is 0 Å². The van der Waals surface area contributed by atoms with Gasteiger partial charge in [-0.1, -0.05) is 55.0 Å². The van der Waals surface area contributed by atoms with E-state index in [0.29, 0.717) is 11.4 Å². The molecule has 2 aromatic rings. The van der Waals surface area contributed by atoms with E-state index in [-0.39, 0.29) is 0 Å². The lowest BCUT2D eigenvalue weighted by Gasteiger charge is -2.26. The van der Waals surface area contributed by atoms with Crippen molar-refractivity contribution in [1.29, 1.82) is 0 Å². The quantitative estimate of drug-likeness (QED) is 0.876. The zero-order chi connectivity index (χ0) is 16.8. The maximum Gasteiger partial charge on any atom is 0.241 e. The van der Waals surface area contributed by atoms with Gasteiger partial charge in [0.1, 0.15) is 0 Å². The first kappa shape index (κ1) is 17.1. The number of hydrogen-bond acceptors (Lipinski definition) is 3. The number of sulfonamides is 1. The Morgan fingerprint density at radius 1 is 0.875 bits per heavy atom. The summed E-state index contributed by atoms with van der Waals surface area (Å²) in [5, 5.41) is 0. The van der Waals surface area contributed by atoms with E-state index in [2.05, 4.69) is 9.62 Å². The first-order valence-electron chi connectivity index (χ1n) is 8.53. The van der Waals surface area contributed by atoms with E-state index in [0.717, 1.165) is 30.8 Å². The Morgan fingerprint density at radius 2 is 1.54 bits per heavy atom. The molecule has 0 amide bonds. The van der Waals surface area contributed by atoms with Crippen LogP contribution < -0.4 is 4.72 Å². The first-order chi connectivity index (χ1) is 11.7. The summed E-state index contributed by atoms with van der Waals surface area (Å²) in [6, 6.07) is 16.8. The van der Waals surface area contributed by atoms with Crippen LogP contribution in [0.2, 0.25) is 0 Å². The lowest BCUT2D eigenvalue weighted by molar-refractivity contribution is 0.233. The largest absolute Gasteiger partial charge is 0.302 e. The Bertz CT molecular complexity index is 754. The minimum absolute atomic E-state index is 0.342. The van der Waals surface area contributed by atoms with E-state index >= 15 is 0 Å². The molecule has 1 aliphatic rings. The number of piperidine rings is 1. The molecule has 0 bridgehead atoms. The fourth-order valence-electron chi connectivity index (χ4n) is 3.16. The number of nitrogens with one attached hydrogen (secondary N) is 1. The molecule has 0 radical (unpaired) electrons. The van der Waals surface area contributed by atoms with Crippen molar-refractivity contribution < 1.29 is 8.42 Å². The minimum Gasteiger partial charge on any atom is -0.302 e. The highest BCUT2D eigenvalue weighted by molar-refractivity contribution is 7.89. The Hall–Kier alpha value is -1.69. The smallest absolute Gasteiger partial charge is 0.241 e. The second-order valence-electron chi connectivity index (χ2n) is 6.16. The van der Waals surface area contributed by atoms with Gasteiger partial charge in [0.2, 0.25) is 10.0 Å². The molecule has 1 heterocycles. The number of rotatable bonds is 6. The van der Waals surface area contributed by atoms with Crippen molar-refractivity contribution in [2.24, 2.45) is 0 Å². The molecule has 24 heavy (non-hydrogen) atoms. The Labute approximate surface area is 144 Å². The van der Waals surface area contributed by atoms with Crippen LogP contribution in [0, 0.1) is 0 Å². The zero-order valence-electron chi connectivity index (χ0n) is 13.8. The number of nitrogens with zero attached hydrogens (tertiary/aromatic N) is 1. The van der Waals surface area contributed by atoms with Gasteiger partial charge < -0.3 is 4.90 Å². The van der Waals surface area contributed by atoms with Crippen LogP contribution in [-0.2, 0) is 10.0 Å². The van der Waals surface area contributed by atoms with Gasteiger partial charge in [-0.25, -0.2) is 13.1 Å². The number of likely N-dealkylation sites (tertiary alicyclic amines) is 1. The standard InChI is InChI=1S/C19H24N2O2S/c22-24(23,20-13-16-21-14-7-2-8-15-21)19-12-6-5-11-18(19)17-9-3-1-4-10-17/h1,3-6,9-12,20H,2,7-8,13-16H2. The summed E-state index contributed by atoms with van der Waals surface area (Å²) in [4.78, 5) is 2.67. The summed E-state index contributed by atoms with van der Waals surface area (Å²) in [5.41, 5.74) is 1.65. The maximum atomic E-state index is 12.7. The van der Waals surface area contributed by atoms with Crippen LogP contribution in [0.5, 0.6) is 0 Å². The third-order valence-electron chi connectivity index (χ3n) is 4.43. The summed E-state index contributed by atoms with van der Waals surface area (Å²) in [6.45, 7) is 3.36. The summed E-state index contributed by atoms with van der Waals surface area (Å²) in [6.07, 6.45) is 3.71. The van der Waals surface area contributed by atoms with E-state index in [1.54, 1.807) is 12.1 Å². The second kappa shape index (κ2) is 7.92. The highest BCUT2D eigenvalue weighted by Gasteiger charge is 2.19. The molecule has 3 rings (SSSR count). The molecule has 0 unspecified atom stereocenters. The average Bonchev–Trinajstić information content (AvgIpc) is 2.63. The molecule has 5 heteroatoms. The Kier molecular flexibility index (Phi) is 5.66. The van der Waals surface area contributed by atoms with Gasteiger partial charge in [-0.05, 0) is 37.6 Å².